The standard InChI is InChI=1S/C16H23NO4/c1-17-16(15(18)19-2)9-8-14(12-16)21-11-10-20-13-6-4-3-5-7-13/h3-7,14,17H,8-12H2,1-2H3. The van der Waals surface area contributed by atoms with Crippen LogP contribution in [-0.4, -0.2) is 45.0 Å². The van der Waals surface area contributed by atoms with Crippen molar-refractivity contribution < 1.29 is 19.0 Å². The summed E-state index contributed by atoms with van der Waals surface area (Å²) < 4.78 is 16.3. The lowest BCUT2D eigenvalue weighted by Crippen LogP contribution is -2.49. The first kappa shape index (κ1) is 15.8. The molecule has 1 aromatic rings. The van der Waals surface area contributed by atoms with Gasteiger partial charge in [-0.2, -0.15) is 0 Å². The monoisotopic (exact) mass is 293 g/mol. The van der Waals surface area contributed by atoms with E-state index < -0.39 is 5.54 Å². The Morgan fingerprint density at radius 1 is 1.33 bits per heavy atom. The van der Waals surface area contributed by atoms with Crippen LogP contribution < -0.4 is 10.1 Å². The molecule has 1 N–H and O–H groups in total. The van der Waals surface area contributed by atoms with E-state index in [0.29, 0.717) is 19.6 Å². The first-order valence-electron chi connectivity index (χ1n) is 7.27. The summed E-state index contributed by atoms with van der Waals surface area (Å²) in [6.45, 7) is 1.02. The summed E-state index contributed by atoms with van der Waals surface area (Å²) in [6, 6.07) is 9.65. The number of benzene rings is 1. The smallest absolute Gasteiger partial charge is 0.326 e. The van der Waals surface area contributed by atoms with Gasteiger partial charge in [-0.3, -0.25) is 4.79 Å². The second-order valence-electron chi connectivity index (χ2n) is 5.22. The topological polar surface area (TPSA) is 56.8 Å². The van der Waals surface area contributed by atoms with Gasteiger partial charge in [-0.25, -0.2) is 0 Å². The van der Waals surface area contributed by atoms with Crippen LogP contribution in [0.25, 0.3) is 0 Å². The molecular formula is C16H23NO4. The molecule has 116 valence electrons. The van der Waals surface area contributed by atoms with Crippen LogP contribution >= 0.6 is 0 Å². The maximum absolute atomic E-state index is 11.9. The Labute approximate surface area is 125 Å². The third kappa shape index (κ3) is 3.95. The van der Waals surface area contributed by atoms with E-state index in [9.17, 15) is 4.79 Å². The predicted octanol–water partition coefficient (Wildman–Crippen LogP) is 1.77. The molecule has 1 fully saturated rings. The Hall–Kier alpha value is -1.59. The first-order chi connectivity index (χ1) is 10.2. The summed E-state index contributed by atoms with van der Waals surface area (Å²) in [5, 5.41) is 3.09. The summed E-state index contributed by atoms with van der Waals surface area (Å²) in [5.74, 6) is 0.628. The predicted molar refractivity (Wildman–Crippen MR) is 79.3 cm³/mol. The first-order valence-corrected chi connectivity index (χ1v) is 7.27. The van der Waals surface area contributed by atoms with Gasteiger partial charge in [0.1, 0.15) is 17.9 Å². The second kappa shape index (κ2) is 7.43. The minimum Gasteiger partial charge on any atom is -0.491 e. The van der Waals surface area contributed by atoms with E-state index in [1.54, 1.807) is 7.05 Å². The molecule has 21 heavy (non-hydrogen) atoms. The van der Waals surface area contributed by atoms with E-state index in [1.165, 1.54) is 7.11 Å². The molecule has 0 heterocycles. The molecule has 0 bridgehead atoms. The number of carbonyl (C=O) groups is 1. The van der Waals surface area contributed by atoms with Crippen LogP contribution in [0.5, 0.6) is 5.75 Å². The summed E-state index contributed by atoms with van der Waals surface area (Å²) in [5.41, 5.74) is -0.598. The molecule has 0 radical (unpaired) electrons. The molecule has 0 amide bonds. The van der Waals surface area contributed by atoms with Gasteiger partial charge in [0, 0.05) is 6.42 Å². The molecule has 0 saturated heterocycles. The third-order valence-electron chi connectivity index (χ3n) is 3.97. The number of hydrogen-bond donors (Lipinski definition) is 1. The molecule has 2 atom stereocenters. The molecule has 0 aliphatic heterocycles. The fourth-order valence-electron chi connectivity index (χ4n) is 2.74. The minimum absolute atomic E-state index is 0.0657. The lowest BCUT2D eigenvalue weighted by molar-refractivity contribution is -0.148. The van der Waals surface area contributed by atoms with Crippen LogP contribution in [0.2, 0.25) is 0 Å². The van der Waals surface area contributed by atoms with Crippen molar-refractivity contribution >= 4 is 5.97 Å². The van der Waals surface area contributed by atoms with Gasteiger partial charge in [0.05, 0.1) is 19.8 Å². The summed E-state index contributed by atoms with van der Waals surface area (Å²) in [6.07, 6.45) is 2.29. The van der Waals surface area contributed by atoms with Gasteiger partial charge in [-0.1, -0.05) is 18.2 Å². The molecular weight excluding hydrogens is 270 g/mol. The van der Waals surface area contributed by atoms with E-state index in [0.717, 1.165) is 18.6 Å². The lowest BCUT2D eigenvalue weighted by atomic mass is 9.98. The Kier molecular flexibility index (Phi) is 5.59. The zero-order valence-corrected chi connectivity index (χ0v) is 12.6. The molecule has 1 aliphatic carbocycles. The van der Waals surface area contributed by atoms with Crippen molar-refractivity contribution in [3.05, 3.63) is 30.3 Å². The quantitative estimate of drug-likeness (QED) is 0.613. The number of methoxy groups -OCH3 is 1. The number of esters is 1. The molecule has 1 aliphatic rings. The summed E-state index contributed by atoms with van der Waals surface area (Å²) >= 11 is 0. The van der Waals surface area contributed by atoms with Gasteiger partial charge in [-0.15, -0.1) is 0 Å². The SMILES string of the molecule is CNC1(C(=O)OC)CCC(OCCOc2ccccc2)C1. The largest absolute Gasteiger partial charge is 0.491 e. The van der Waals surface area contributed by atoms with Crippen LogP contribution in [0.1, 0.15) is 19.3 Å². The maximum Gasteiger partial charge on any atom is 0.326 e. The molecule has 1 aromatic carbocycles. The summed E-state index contributed by atoms with van der Waals surface area (Å²) in [4.78, 5) is 11.9. The fourth-order valence-corrected chi connectivity index (χ4v) is 2.74. The Morgan fingerprint density at radius 2 is 2.10 bits per heavy atom. The van der Waals surface area contributed by atoms with Gasteiger partial charge >= 0.3 is 5.97 Å². The summed E-state index contributed by atoms with van der Waals surface area (Å²) in [7, 11) is 3.21. The Balaban J connectivity index is 1.72. The number of carbonyl (C=O) groups excluding carboxylic acids is 1. The van der Waals surface area contributed by atoms with Crippen molar-refractivity contribution in [2.45, 2.75) is 30.9 Å². The van der Waals surface area contributed by atoms with Crippen LogP contribution in [0, 0.1) is 0 Å². The molecule has 5 heteroatoms. The van der Waals surface area contributed by atoms with E-state index in [4.69, 9.17) is 14.2 Å². The van der Waals surface area contributed by atoms with Crippen LogP contribution in [0.3, 0.4) is 0 Å². The van der Waals surface area contributed by atoms with Crippen molar-refractivity contribution in [2.75, 3.05) is 27.4 Å². The van der Waals surface area contributed by atoms with Crippen LogP contribution in [0.15, 0.2) is 30.3 Å². The van der Waals surface area contributed by atoms with E-state index >= 15 is 0 Å². The number of nitrogens with one attached hydrogen (secondary N) is 1. The maximum atomic E-state index is 11.9. The number of para-hydroxylation sites is 1. The highest BCUT2D eigenvalue weighted by molar-refractivity contribution is 5.81. The number of ether oxygens (including phenoxy) is 3. The van der Waals surface area contributed by atoms with Crippen LogP contribution in [-0.2, 0) is 14.3 Å². The van der Waals surface area contributed by atoms with Crippen LogP contribution in [0.4, 0.5) is 0 Å². The van der Waals surface area contributed by atoms with Gasteiger partial charge in [-0.05, 0) is 32.0 Å². The highest BCUT2D eigenvalue weighted by atomic mass is 16.5. The van der Waals surface area contributed by atoms with E-state index in [1.807, 2.05) is 30.3 Å². The molecule has 5 nitrogen and oxygen atoms in total. The highest BCUT2D eigenvalue weighted by Crippen LogP contribution is 2.32. The van der Waals surface area contributed by atoms with Crippen molar-refractivity contribution in [1.29, 1.82) is 0 Å². The molecule has 0 spiro atoms. The number of hydrogen-bond acceptors (Lipinski definition) is 5. The van der Waals surface area contributed by atoms with Gasteiger partial charge < -0.3 is 19.5 Å². The van der Waals surface area contributed by atoms with Crippen molar-refractivity contribution in [1.82, 2.24) is 5.32 Å². The number of likely N-dealkylation sites (N-methyl/N-ethyl adjacent to an activating group) is 1. The normalized spacial score (nSPS) is 24.8. The molecule has 2 rings (SSSR count). The molecule has 1 saturated carbocycles. The van der Waals surface area contributed by atoms with Gasteiger partial charge in [0.2, 0.25) is 0 Å². The van der Waals surface area contributed by atoms with Crippen molar-refractivity contribution in [2.24, 2.45) is 0 Å². The van der Waals surface area contributed by atoms with Gasteiger partial charge in [0.15, 0.2) is 0 Å². The van der Waals surface area contributed by atoms with Crippen molar-refractivity contribution in [3.8, 4) is 5.75 Å². The lowest BCUT2D eigenvalue weighted by Gasteiger charge is -2.25. The third-order valence-corrected chi connectivity index (χ3v) is 3.97. The van der Waals surface area contributed by atoms with Gasteiger partial charge in [0.25, 0.3) is 0 Å². The highest BCUT2D eigenvalue weighted by Gasteiger charge is 2.45. The average molecular weight is 293 g/mol. The fraction of sp³-hybridized carbons (Fsp3) is 0.562. The van der Waals surface area contributed by atoms with E-state index in [-0.39, 0.29) is 12.1 Å². The molecule has 0 aromatic heterocycles. The zero-order chi connectivity index (χ0) is 15.1. The zero-order valence-electron chi connectivity index (χ0n) is 12.6. The minimum atomic E-state index is -0.598. The van der Waals surface area contributed by atoms with Crippen molar-refractivity contribution in [3.63, 3.8) is 0 Å². The Bertz CT molecular complexity index is 451. The average Bonchev–Trinajstić information content (AvgIpc) is 2.96. The Morgan fingerprint density at radius 3 is 2.76 bits per heavy atom. The van der Waals surface area contributed by atoms with E-state index in [2.05, 4.69) is 5.32 Å². The number of rotatable bonds is 7. The molecule has 2 unspecified atom stereocenters. The second-order valence-corrected chi connectivity index (χ2v) is 5.22.